The predicted octanol–water partition coefficient (Wildman–Crippen LogP) is 1.34. The lowest BCUT2D eigenvalue weighted by atomic mass is 9.94. The van der Waals surface area contributed by atoms with E-state index in [0.717, 1.165) is 32.4 Å². The van der Waals surface area contributed by atoms with Crippen molar-refractivity contribution in [1.29, 1.82) is 0 Å². The number of hydrogen-bond donors (Lipinski definition) is 2. The van der Waals surface area contributed by atoms with Gasteiger partial charge in [-0.1, -0.05) is 13.8 Å². The molecule has 17 heavy (non-hydrogen) atoms. The lowest BCUT2D eigenvalue weighted by molar-refractivity contribution is 0.320. The molecule has 0 saturated carbocycles. The van der Waals surface area contributed by atoms with E-state index in [-0.39, 0.29) is 11.8 Å². The third-order valence-corrected chi connectivity index (χ3v) is 4.88. The number of rotatable bonds is 6. The molecular formula is C12H26N2O2S. The Balaban J connectivity index is 2.40. The van der Waals surface area contributed by atoms with Crippen LogP contribution in [0.5, 0.6) is 0 Å². The van der Waals surface area contributed by atoms with E-state index in [9.17, 15) is 8.42 Å². The highest BCUT2D eigenvalue weighted by atomic mass is 32.2. The molecule has 5 heteroatoms. The van der Waals surface area contributed by atoms with Crippen LogP contribution < -0.4 is 10.0 Å². The topological polar surface area (TPSA) is 58.2 Å². The van der Waals surface area contributed by atoms with Gasteiger partial charge in [0.1, 0.15) is 0 Å². The molecule has 2 N–H and O–H groups in total. The molecule has 2 unspecified atom stereocenters. The molecule has 0 aromatic heterocycles. The summed E-state index contributed by atoms with van der Waals surface area (Å²) < 4.78 is 26.5. The highest BCUT2D eigenvalue weighted by Gasteiger charge is 2.23. The first-order valence-corrected chi connectivity index (χ1v) is 8.26. The first-order chi connectivity index (χ1) is 7.91. The summed E-state index contributed by atoms with van der Waals surface area (Å²) >= 11 is 0. The Morgan fingerprint density at radius 2 is 2.06 bits per heavy atom. The molecular weight excluding hydrogens is 236 g/mol. The van der Waals surface area contributed by atoms with Crippen LogP contribution in [0.3, 0.4) is 0 Å². The van der Waals surface area contributed by atoms with Crippen LogP contribution in [-0.2, 0) is 10.0 Å². The molecule has 4 nitrogen and oxygen atoms in total. The summed E-state index contributed by atoms with van der Waals surface area (Å²) in [4.78, 5) is 0. The molecule has 1 rings (SSSR count). The van der Waals surface area contributed by atoms with Crippen LogP contribution in [0.25, 0.3) is 0 Å². The molecule has 2 atom stereocenters. The number of sulfonamides is 1. The fourth-order valence-corrected chi connectivity index (χ4v) is 3.79. The van der Waals surface area contributed by atoms with Gasteiger partial charge in [0, 0.05) is 6.04 Å². The van der Waals surface area contributed by atoms with Crippen LogP contribution in [-0.4, -0.2) is 33.3 Å². The molecule has 1 aliphatic heterocycles. The van der Waals surface area contributed by atoms with E-state index < -0.39 is 10.0 Å². The Morgan fingerprint density at radius 1 is 1.35 bits per heavy atom. The molecule has 102 valence electrons. The first kappa shape index (κ1) is 14.9. The highest BCUT2D eigenvalue weighted by molar-refractivity contribution is 7.89. The number of piperidine rings is 1. The first-order valence-electron chi connectivity index (χ1n) is 6.61. The smallest absolute Gasteiger partial charge is 0.211 e. The van der Waals surface area contributed by atoms with Gasteiger partial charge in [0.15, 0.2) is 0 Å². The van der Waals surface area contributed by atoms with Gasteiger partial charge >= 0.3 is 0 Å². The lowest BCUT2D eigenvalue weighted by Crippen LogP contribution is -2.45. The zero-order chi connectivity index (χ0) is 12.9. The second-order valence-corrected chi connectivity index (χ2v) is 7.39. The molecule has 0 bridgehead atoms. The Morgan fingerprint density at radius 3 is 2.59 bits per heavy atom. The minimum absolute atomic E-state index is 0.0416. The van der Waals surface area contributed by atoms with Crippen molar-refractivity contribution in [1.82, 2.24) is 10.0 Å². The third kappa shape index (κ3) is 5.84. The van der Waals surface area contributed by atoms with Gasteiger partial charge in [-0.25, -0.2) is 13.1 Å². The molecule has 0 aromatic rings. The molecule has 1 heterocycles. The van der Waals surface area contributed by atoms with Crippen LogP contribution in [0.2, 0.25) is 0 Å². The Labute approximate surface area is 106 Å². The standard InChI is InChI=1S/C12H26N2O2S/c1-10(2)6-8-17(15,16)14-11(3)12-5-4-7-13-9-12/h10-14H,4-9H2,1-3H3. The van der Waals surface area contributed by atoms with Crippen molar-refractivity contribution in [2.75, 3.05) is 18.8 Å². The van der Waals surface area contributed by atoms with Gasteiger partial charge < -0.3 is 5.32 Å². The van der Waals surface area contributed by atoms with Crippen molar-refractivity contribution in [3.63, 3.8) is 0 Å². The normalized spacial score (nSPS) is 23.9. The van der Waals surface area contributed by atoms with Crippen molar-refractivity contribution in [2.24, 2.45) is 11.8 Å². The van der Waals surface area contributed by atoms with Gasteiger partial charge in [-0.3, -0.25) is 0 Å². The van der Waals surface area contributed by atoms with Crippen molar-refractivity contribution in [3.8, 4) is 0 Å². The van der Waals surface area contributed by atoms with Gasteiger partial charge in [-0.2, -0.15) is 0 Å². The maximum Gasteiger partial charge on any atom is 0.211 e. The summed E-state index contributed by atoms with van der Waals surface area (Å²) in [6, 6.07) is 0.0416. The molecule has 0 radical (unpaired) electrons. The second kappa shape index (κ2) is 6.71. The fourth-order valence-electron chi connectivity index (χ4n) is 2.13. The van der Waals surface area contributed by atoms with Crippen LogP contribution in [0.15, 0.2) is 0 Å². The lowest BCUT2D eigenvalue weighted by Gasteiger charge is -2.28. The van der Waals surface area contributed by atoms with Crippen LogP contribution >= 0.6 is 0 Å². The van der Waals surface area contributed by atoms with E-state index >= 15 is 0 Å². The van der Waals surface area contributed by atoms with Gasteiger partial charge in [0.25, 0.3) is 0 Å². The third-order valence-electron chi connectivity index (χ3n) is 3.37. The quantitative estimate of drug-likeness (QED) is 0.759. The fraction of sp³-hybridized carbons (Fsp3) is 1.00. The van der Waals surface area contributed by atoms with Gasteiger partial charge in [-0.05, 0) is 51.1 Å². The van der Waals surface area contributed by atoms with Crippen LogP contribution in [0.4, 0.5) is 0 Å². The molecule has 1 saturated heterocycles. The summed E-state index contributed by atoms with van der Waals surface area (Å²) in [7, 11) is -3.10. The molecule has 0 aliphatic carbocycles. The summed E-state index contributed by atoms with van der Waals surface area (Å²) in [6.07, 6.45) is 2.98. The maximum atomic E-state index is 11.9. The maximum absolute atomic E-state index is 11.9. The number of hydrogen-bond acceptors (Lipinski definition) is 3. The summed E-state index contributed by atoms with van der Waals surface area (Å²) in [5.41, 5.74) is 0. The SMILES string of the molecule is CC(C)CCS(=O)(=O)NC(C)C1CCCNC1. The van der Waals surface area contributed by atoms with Crippen molar-refractivity contribution >= 4 is 10.0 Å². The molecule has 1 fully saturated rings. The molecule has 0 spiro atoms. The zero-order valence-corrected chi connectivity index (χ0v) is 12.0. The molecule has 1 aliphatic rings. The van der Waals surface area contributed by atoms with Crippen molar-refractivity contribution in [3.05, 3.63) is 0 Å². The van der Waals surface area contributed by atoms with Crippen LogP contribution in [0, 0.1) is 11.8 Å². The summed E-state index contributed by atoms with van der Waals surface area (Å²) in [6.45, 7) is 8.05. The summed E-state index contributed by atoms with van der Waals surface area (Å²) in [5.74, 6) is 1.10. The highest BCUT2D eigenvalue weighted by Crippen LogP contribution is 2.15. The van der Waals surface area contributed by atoms with E-state index in [1.54, 1.807) is 0 Å². The van der Waals surface area contributed by atoms with Gasteiger partial charge in [0.2, 0.25) is 10.0 Å². The van der Waals surface area contributed by atoms with Crippen molar-refractivity contribution in [2.45, 2.75) is 46.1 Å². The largest absolute Gasteiger partial charge is 0.316 e. The predicted molar refractivity (Wildman–Crippen MR) is 71.4 cm³/mol. The molecule has 0 aromatic carbocycles. The average molecular weight is 262 g/mol. The second-order valence-electron chi connectivity index (χ2n) is 5.51. The zero-order valence-electron chi connectivity index (χ0n) is 11.2. The number of nitrogens with one attached hydrogen (secondary N) is 2. The molecule has 0 amide bonds. The van der Waals surface area contributed by atoms with E-state index in [4.69, 9.17) is 0 Å². The summed E-state index contributed by atoms with van der Waals surface area (Å²) in [5, 5.41) is 3.32. The van der Waals surface area contributed by atoms with Gasteiger partial charge in [-0.15, -0.1) is 0 Å². The van der Waals surface area contributed by atoms with Crippen LogP contribution in [0.1, 0.15) is 40.0 Å². The van der Waals surface area contributed by atoms with E-state index in [1.807, 2.05) is 20.8 Å². The average Bonchev–Trinajstić information content (AvgIpc) is 2.27. The van der Waals surface area contributed by atoms with Crippen molar-refractivity contribution < 1.29 is 8.42 Å². The van der Waals surface area contributed by atoms with E-state index in [1.165, 1.54) is 0 Å². The minimum Gasteiger partial charge on any atom is -0.316 e. The Bertz CT molecular complexity index is 308. The minimum atomic E-state index is -3.10. The van der Waals surface area contributed by atoms with E-state index in [0.29, 0.717) is 11.8 Å². The van der Waals surface area contributed by atoms with Gasteiger partial charge in [0.05, 0.1) is 5.75 Å². The van der Waals surface area contributed by atoms with E-state index in [2.05, 4.69) is 10.0 Å². The Hall–Kier alpha value is -0.130. The monoisotopic (exact) mass is 262 g/mol. The Kier molecular flexibility index (Phi) is 5.89.